The zero-order valence-electron chi connectivity index (χ0n) is 12.0. The monoisotopic (exact) mass is 315 g/mol. The lowest BCUT2D eigenvalue weighted by Gasteiger charge is -2.22. The number of oxime groups is 1. The van der Waals surface area contributed by atoms with Crippen LogP contribution in [-0.2, 0) is 11.0 Å². The van der Waals surface area contributed by atoms with Crippen molar-refractivity contribution in [3.63, 3.8) is 0 Å². The van der Waals surface area contributed by atoms with Gasteiger partial charge in [0.1, 0.15) is 0 Å². The quantitative estimate of drug-likeness (QED) is 0.673. The number of alkyl halides is 3. The van der Waals surface area contributed by atoms with Crippen molar-refractivity contribution >= 4 is 17.5 Å². The molecule has 1 aromatic rings. The highest BCUT2D eigenvalue weighted by Gasteiger charge is 2.30. The molecule has 0 bridgehead atoms. The molecule has 1 amide bonds. The number of likely N-dealkylation sites (tertiary alicyclic amines) is 1. The minimum atomic E-state index is -4.46. The summed E-state index contributed by atoms with van der Waals surface area (Å²) in [6, 6.07) is 4.32. The summed E-state index contributed by atoms with van der Waals surface area (Å²) in [5.74, 6) is 0. The molecular formula is C14H16F3N3O2. The Hall–Kier alpha value is -2.09. The Morgan fingerprint density at radius 1 is 1.32 bits per heavy atom. The second-order valence-corrected chi connectivity index (χ2v) is 5.04. The van der Waals surface area contributed by atoms with Crippen molar-refractivity contribution in [1.82, 2.24) is 4.90 Å². The first-order valence-electron chi connectivity index (χ1n) is 6.74. The zero-order valence-corrected chi connectivity index (χ0v) is 12.0. The van der Waals surface area contributed by atoms with Crippen molar-refractivity contribution in [2.24, 2.45) is 5.16 Å². The molecule has 1 fully saturated rings. The molecule has 0 aromatic heterocycles. The molecule has 1 aromatic carbocycles. The molecule has 0 spiro atoms. The molecule has 2 rings (SSSR count). The first kappa shape index (κ1) is 16.3. The molecule has 0 radical (unpaired) electrons. The molecule has 0 atom stereocenters. The first-order chi connectivity index (χ1) is 10.3. The molecule has 0 unspecified atom stereocenters. The number of hydrogen-bond donors (Lipinski definition) is 1. The van der Waals surface area contributed by atoms with Crippen LogP contribution < -0.4 is 5.32 Å². The van der Waals surface area contributed by atoms with E-state index < -0.39 is 17.8 Å². The van der Waals surface area contributed by atoms with E-state index >= 15 is 0 Å². The molecule has 1 saturated heterocycles. The van der Waals surface area contributed by atoms with Crippen LogP contribution in [0.3, 0.4) is 0 Å². The molecule has 0 aliphatic carbocycles. The Morgan fingerprint density at radius 3 is 2.64 bits per heavy atom. The maximum atomic E-state index is 12.6. The molecule has 1 heterocycles. The van der Waals surface area contributed by atoms with Gasteiger partial charge < -0.3 is 4.90 Å². The van der Waals surface area contributed by atoms with Crippen LogP contribution in [0.25, 0.3) is 0 Å². The van der Waals surface area contributed by atoms with Crippen LogP contribution in [0.15, 0.2) is 29.4 Å². The van der Waals surface area contributed by atoms with Crippen molar-refractivity contribution in [3.05, 3.63) is 29.8 Å². The normalized spacial score (nSPS) is 16.3. The van der Waals surface area contributed by atoms with Crippen molar-refractivity contribution < 1.29 is 22.8 Å². The van der Waals surface area contributed by atoms with E-state index in [0.29, 0.717) is 12.8 Å². The van der Waals surface area contributed by atoms with Crippen LogP contribution in [0.5, 0.6) is 0 Å². The molecule has 1 N–H and O–H groups in total. The lowest BCUT2D eigenvalue weighted by molar-refractivity contribution is -0.137. The minimum Gasteiger partial charge on any atom is -0.306 e. The predicted molar refractivity (Wildman–Crippen MR) is 75.7 cm³/mol. The second kappa shape index (κ2) is 6.78. The van der Waals surface area contributed by atoms with E-state index in [-0.39, 0.29) is 5.69 Å². The number of rotatable bonds is 2. The molecule has 5 nitrogen and oxygen atoms in total. The third kappa shape index (κ3) is 4.73. The Labute approximate surface area is 125 Å². The van der Waals surface area contributed by atoms with E-state index in [0.717, 1.165) is 30.9 Å². The summed E-state index contributed by atoms with van der Waals surface area (Å²) < 4.78 is 37.7. The van der Waals surface area contributed by atoms with Crippen LogP contribution in [0.4, 0.5) is 23.7 Å². The third-order valence-electron chi connectivity index (χ3n) is 3.26. The van der Waals surface area contributed by atoms with Crippen molar-refractivity contribution in [3.8, 4) is 0 Å². The number of anilines is 1. The summed E-state index contributed by atoms with van der Waals surface area (Å²) in [5, 5.41) is 5.96. The Balaban J connectivity index is 1.91. The highest BCUT2D eigenvalue weighted by atomic mass is 19.4. The average Bonchev–Trinajstić information content (AvgIpc) is 2.46. The molecule has 0 saturated carbocycles. The number of benzene rings is 1. The molecule has 22 heavy (non-hydrogen) atoms. The number of carbonyl (C=O) groups excluding carboxylic acids is 1. The maximum absolute atomic E-state index is 12.6. The number of amides is 1. The van der Waals surface area contributed by atoms with Gasteiger partial charge in [-0.05, 0) is 25.2 Å². The van der Waals surface area contributed by atoms with Crippen LogP contribution in [0, 0.1) is 0 Å². The number of nitrogens with zero attached hydrogens (tertiary/aromatic N) is 2. The summed E-state index contributed by atoms with van der Waals surface area (Å²) in [7, 11) is 1.98. The van der Waals surface area contributed by atoms with Gasteiger partial charge in [0.2, 0.25) is 0 Å². The van der Waals surface area contributed by atoms with Gasteiger partial charge in [0.05, 0.1) is 11.3 Å². The summed E-state index contributed by atoms with van der Waals surface area (Å²) in [4.78, 5) is 18.4. The van der Waals surface area contributed by atoms with Gasteiger partial charge in [-0.15, -0.1) is 0 Å². The smallest absolute Gasteiger partial charge is 0.306 e. The van der Waals surface area contributed by atoms with Crippen LogP contribution >= 0.6 is 0 Å². The van der Waals surface area contributed by atoms with Gasteiger partial charge in [0.25, 0.3) is 0 Å². The van der Waals surface area contributed by atoms with Gasteiger partial charge in [0.15, 0.2) is 0 Å². The molecule has 120 valence electrons. The SMILES string of the molecule is CN1CCC(=NOC(=O)Nc2cccc(C(F)(F)F)c2)CC1. The Kier molecular flexibility index (Phi) is 5.02. The summed E-state index contributed by atoms with van der Waals surface area (Å²) >= 11 is 0. The van der Waals surface area contributed by atoms with E-state index in [1.807, 2.05) is 7.05 Å². The molecule has 1 aliphatic heterocycles. The van der Waals surface area contributed by atoms with E-state index in [2.05, 4.69) is 20.2 Å². The van der Waals surface area contributed by atoms with Gasteiger partial charge in [-0.3, -0.25) is 10.2 Å². The number of piperidine rings is 1. The minimum absolute atomic E-state index is 0.00315. The average molecular weight is 315 g/mol. The molecular weight excluding hydrogens is 299 g/mol. The number of halogens is 3. The highest BCUT2D eigenvalue weighted by molar-refractivity contribution is 5.88. The fourth-order valence-electron chi connectivity index (χ4n) is 1.99. The summed E-state index contributed by atoms with van der Waals surface area (Å²) in [5.41, 5.74) is -0.0763. The fourth-order valence-corrected chi connectivity index (χ4v) is 1.99. The Morgan fingerprint density at radius 2 is 2.00 bits per heavy atom. The largest absolute Gasteiger partial charge is 0.437 e. The zero-order chi connectivity index (χ0) is 16.2. The predicted octanol–water partition coefficient (Wildman–Crippen LogP) is 3.34. The highest BCUT2D eigenvalue weighted by Crippen LogP contribution is 2.30. The summed E-state index contributed by atoms with van der Waals surface area (Å²) in [6.45, 7) is 1.66. The lowest BCUT2D eigenvalue weighted by atomic mass is 10.1. The topological polar surface area (TPSA) is 53.9 Å². The van der Waals surface area contributed by atoms with Crippen LogP contribution in [0.2, 0.25) is 0 Å². The lowest BCUT2D eigenvalue weighted by Crippen LogP contribution is -2.30. The number of hydrogen-bond acceptors (Lipinski definition) is 4. The molecule has 8 heteroatoms. The van der Waals surface area contributed by atoms with E-state index in [4.69, 9.17) is 0 Å². The molecule has 1 aliphatic rings. The number of nitrogens with one attached hydrogen (secondary N) is 1. The third-order valence-corrected chi connectivity index (χ3v) is 3.26. The Bertz CT molecular complexity index is 563. The van der Waals surface area contributed by atoms with Crippen LogP contribution in [0.1, 0.15) is 18.4 Å². The van der Waals surface area contributed by atoms with Gasteiger partial charge in [-0.2, -0.15) is 13.2 Å². The van der Waals surface area contributed by atoms with Gasteiger partial charge >= 0.3 is 12.3 Å². The van der Waals surface area contributed by atoms with E-state index in [9.17, 15) is 18.0 Å². The standard InChI is InChI=1S/C14H16F3N3O2/c1-20-7-5-11(6-8-20)19-22-13(21)18-12-4-2-3-10(9-12)14(15,16)17/h2-4,9H,5-8H2,1H3,(H,18,21). The first-order valence-corrected chi connectivity index (χ1v) is 6.74. The van der Waals surface area contributed by atoms with Gasteiger partial charge in [0, 0.05) is 31.6 Å². The number of carbonyl (C=O) groups is 1. The van der Waals surface area contributed by atoms with Gasteiger partial charge in [-0.1, -0.05) is 11.2 Å². The maximum Gasteiger partial charge on any atom is 0.437 e. The fraction of sp³-hybridized carbons (Fsp3) is 0.429. The summed E-state index contributed by atoms with van der Waals surface area (Å²) in [6.07, 6.45) is -3.97. The van der Waals surface area contributed by atoms with Crippen LogP contribution in [-0.4, -0.2) is 36.8 Å². The van der Waals surface area contributed by atoms with Crippen molar-refractivity contribution in [2.45, 2.75) is 19.0 Å². The van der Waals surface area contributed by atoms with Gasteiger partial charge in [-0.25, -0.2) is 4.79 Å². The van der Waals surface area contributed by atoms with Crippen molar-refractivity contribution in [2.75, 3.05) is 25.5 Å². The van der Waals surface area contributed by atoms with E-state index in [1.54, 1.807) is 0 Å². The van der Waals surface area contributed by atoms with Crippen molar-refractivity contribution in [1.29, 1.82) is 0 Å². The van der Waals surface area contributed by atoms with E-state index in [1.165, 1.54) is 12.1 Å². The second-order valence-electron chi connectivity index (χ2n) is 5.04.